The van der Waals surface area contributed by atoms with Gasteiger partial charge in [0.15, 0.2) is 0 Å². The molecule has 0 atom stereocenters. The summed E-state index contributed by atoms with van der Waals surface area (Å²) in [5.41, 5.74) is 4.26. The second-order valence-electron chi connectivity index (χ2n) is 5.34. The lowest BCUT2D eigenvalue weighted by Gasteiger charge is -2.07. The van der Waals surface area contributed by atoms with E-state index in [2.05, 4.69) is 15.3 Å². The molecular formula is C19H14N4O. The molecule has 0 saturated carbocycles. The zero-order valence-electron chi connectivity index (χ0n) is 12.8. The van der Waals surface area contributed by atoms with Gasteiger partial charge in [0.1, 0.15) is 6.33 Å². The molecular weight excluding hydrogens is 300 g/mol. The Labute approximate surface area is 138 Å². The van der Waals surface area contributed by atoms with Crippen molar-refractivity contribution in [2.45, 2.75) is 0 Å². The van der Waals surface area contributed by atoms with Crippen molar-refractivity contribution in [2.75, 3.05) is 5.32 Å². The van der Waals surface area contributed by atoms with Crippen molar-refractivity contribution in [3.05, 3.63) is 84.9 Å². The molecule has 0 aliphatic rings. The van der Waals surface area contributed by atoms with Gasteiger partial charge in [-0.15, -0.1) is 0 Å². The fourth-order valence-corrected chi connectivity index (χ4v) is 2.58. The summed E-state index contributed by atoms with van der Waals surface area (Å²) in [4.78, 5) is 20.6. The predicted molar refractivity (Wildman–Crippen MR) is 93.3 cm³/mol. The zero-order valence-corrected chi connectivity index (χ0v) is 12.8. The average molecular weight is 314 g/mol. The Hall–Kier alpha value is -3.47. The number of carbonyl (C=O) groups excluding carboxylic acids is 1. The highest BCUT2D eigenvalue weighted by molar-refractivity contribution is 6.04. The van der Waals surface area contributed by atoms with Crippen LogP contribution in [-0.2, 0) is 0 Å². The van der Waals surface area contributed by atoms with Crippen molar-refractivity contribution < 1.29 is 4.79 Å². The molecule has 0 spiro atoms. The first-order valence-electron chi connectivity index (χ1n) is 7.55. The highest BCUT2D eigenvalue weighted by atomic mass is 16.1. The summed E-state index contributed by atoms with van der Waals surface area (Å²) in [6.45, 7) is 0. The molecule has 5 nitrogen and oxygen atoms in total. The van der Waals surface area contributed by atoms with Crippen LogP contribution in [0, 0.1) is 0 Å². The standard InChI is InChI=1S/C19H14N4O/c24-19(22-15-9-11-20-12-10-15)14-5-7-16(8-6-14)23-13-21-17-3-1-2-4-18(17)23/h1-13H,(H,20,22,24). The largest absolute Gasteiger partial charge is 0.322 e. The van der Waals surface area contributed by atoms with E-state index in [1.807, 2.05) is 41.0 Å². The minimum absolute atomic E-state index is 0.150. The summed E-state index contributed by atoms with van der Waals surface area (Å²) >= 11 is 0. The van der Waals surface area contributed by atoms with Crippen LogP contribution in [0.3, 0.4) is 0 Å². The monoisotopic (exact) mass is 314 g/mol. The van der Waals surface area contributed by atoms with Crippen LogP contribution in [0.2, 0.25) is 0 Å². The van der Waals surface area contributed by atoms with E-state index in [1.54, 1.807) is 43.0 Å². The average Bonchev–Trinajstić information content (AvgIpc) is 3.07. The number of hydrogen-bond donors (Lipinski definition) is 1. The minimum Gasteiger partial charge on any atom is -0.322 e. The number of benzene rings is 2. The molecule has 0 saturated heterocycles. The molecule has 24 heavy (non-hydrogen) atoms. The van der Waals surface area contributed by atoms with Gasteiger partial charge in [-0.1, -0.05) is 12.1 Å². The third kappa shape index (κ3) is 2.63. The van der Waals surface area contributed by atoms with Gasteiger partial charge in [-0.05, 0) is 48.5 Å². The van der Waals surface area contributed by atoms with E-state index < -0.39 is 0 Å². The van der Waals surface area contributed by atoms with E-state index in [1.165, 1.54) is 0 Å². The van der Waals surface area contributed by atoms with E-state index in [4.69, 9.17) is 0 Å². The van der Waals surface area contributed by atoms with Gasteiger partial charge in [0.05, 0.1) is 11.0 Å². The Bertz CT molecular complexity index is 991. The summed E-state index contributed by atoms with van der Waals surface area (Å²) in [6.07, 6.45) is 5.07. The molecule has 5 heteroatoms. The summed E-state index contributed by atoms with van der Waals surface area (Å²) < 4.78 is 2.00. The highest BCUT2D eigenvalue weighted by Gasteiger charge is 2.08. The van der Waals surface area contributed by atoms with Crippen LogP contribution in [0.15, 0.2) is 79.4 Å². The van der Waals surface area contributed by atoms with E-state index in [-0.39, 0.29) is 5.91 Å². The normalized spacial score (nSPS) is 10.7. The third-order valence-corrected chi connectivity index (χ3v) is 3.80. The van der Waals surface area contributed by atoms with E-state index in [0.29, 0.717) is 5.56 Å². The number of nitrogens with one attached hydrogen (secondary N) is 1. The molecule has 1 amide bonds. The first-order valence-corrected chi connectivity index (χ1v) is 7.55. The quantitative estimate of drug-likeness (QED) is 0.627. The lowest BCUT2D eigenvalue weighted by molar-refractivity contribution is 0.102. The van der Waals surface area contributed by atoms with Gasteiger partial charge >= 0.3 is 0 Å². The van der Waals surface area contributed by atoms with Crippen LogP contribution in [0.1, 0.15) is 10.4 Å². The van der Waals surface area contributed by atoms with Crippen molar-refractivity contribution >= 4 is 22.6 Å². The number of pyridine rings is 1. The Kier molecular flexibility index (Phi) is 3.51. The fourth-order valence-electron chi connectivity index (χ4n) is 2.58. The van der Waals surface area contributed by atoms with Gasteiger partial charge in [0, 0.05) is 29.3 Å². The Morgan fingerprint density at radius 3 is 2.46 bits per heavy atom. The number of para-hydroxylation sites is 2. The van der Waals surface area contributed by atoms with Crippen molar-refractivity contribution in [1.82, 2.24) is 14.5 Å². The number of nitrogens with zero attached hydrogens (tertiary/aromatic N) is 3. The molecule has 0 fully saturated rings. The van der Waals surface area contributed by atoms with Gasteiger partial charge in [-0.2, -0.15) is 0 Å². The zero-order chi connectivity index (χ0) is 16.4. The third-order valence-electron chi connectivity index (χ3n) is 3.80. The van der Waals surface area contributed by atoms with E-state index in [9.17, 15) is 4.79 Å². The number of hydrogen-bond acceptors (Lipinski definition) is 3. The molecule has 1 N–H and O–H groups in total. The number of anilines is 1. The molecule has 2 heterocycles. The summed E-state index contributed by atoms with van der Waals surface area (Å²) in [5.74, 6) is -0.150. The van der Waals surface area contributed by atoms with E-state index in [0.717, 1.165) is 22.4 Å². The SMILES string of the molecule is O=C(Nc1ccncc1)c1ccc(-n2cnc3ccccc32)cc1. The maximum atomic E-state index is 12.3. The Morgan fingerprint density at radius 2 is 1.67 bits per heavy atom. The molecule has 0 unspecified atom stereocenters. The van der Waals surface area contributed by atoms with Crippen LogP contribution in [-0.4, -0.2) is 20.4 Å². The second-order valence-corrected chi connectivity index (χ2v) is 5.34. The number of imidazole rings is 1. The van der Waals surface area contributed by atoms with Crippen LogP contribution >= 0.6 is 0 Å². The maximum Gasteiger partial charge on any atom is 0.255 e. The topological polar surface area (TPSA) is 59.8 Å². The van der Waals surface area contributed by atoms with Gasteiger partial charge in [-0.25, -0.2) is 4.98 Å². The number of rotatable bonds is 3. The molecule has 2 aromatic heterocycles. The van der Waals surface area contributed by atoms with Crippen molar-refractivity contribution in [3.63, 3.8) is 0 Å². The highest BCUT2D eigenvalue weighted by Crippen LogP contribution is 2.18. The van der Waals surface area contributed by atoms with Gasteiger partial charge in [-0.3, -0.25) is 14.3 Å². The van der Waals surface area contributed by atoms with E-state index >= 15 is 0 Å². The van der Waals surface area contributed by atoms with Crippen molar-refractivity contribution in [1.29, 1.82) is 0 Å². The van der Waals surface area contributed by atoms with Crippen LogP contribution in [0.4, 0.5) is 5.69 Å². The molecule has 2 aromatic carbocycles. The lowest BCUT2D eigenvalue weighted by atomic mass is 10.2. The molecule has 4 rings (SSSR count). The molecule has 116 valence electrons. The summed E-state index contributed by atoms with van der Waals surface area (Å²) in [7, 11) is 0. The van der Waals surface area contributed by atoms with Gasteiger partial charge in [0.25, 0.3) is 5.91 Å². The predicted octanol–water partition coefficient (Wildman–Crippen LogP) is 3.67. The van der Waals surface area contributed by atoms with Crippen LogP contribution in [0.5, 0.6) is 0 Å². The smallest absolute Gasteiger partial charge is 0.255 e. The summed E-state index contributed by atoms with van der Waals surface area (Å²) in [5, 5.41) is 2.84. The number of amides is 1. The Morgan fingerprint density at radius 1 is 0.917 bits per heavy atom. The lowest BCUT2D eigenvalue weighted by Crippen LogP contribution is -2.11. The maximum absolute atomic E-state index is 12.3. The minimum atomic E-state index is -0.150. The van der Waals surface area contributed by atoms with Crippen molar-refractivity contribution in [2.24, 2.45) is 0 Å². The van der Waals surface area contributed by atoms with Crippen LogP contribution in [0.25, 0.3) is 16.7 Å². The number of carbonyl (C=O) groups is 1. The van der Waals surface area contributed by atoms with Crippen molar-refractivity contribution in [3.8, 4) is 5.69 Å². The van der Waals surface area contributed by atoms with Gasteiger partial charge < -0.3 is 5.32 Å². The molecule has 0 aliphatic carbocycles. The molecule has 0 radical (unpaired) electrons. The fraction of sp³-hybridized carbons (Fsp3) is 0. The van der Waals surface area contributed by atoms with Gasteiger partial charge in [0.2, 0.25) is 0 Å². The number of fused-ring (bicyclic) bond motifs is 1. The number of aromatic nitrogens is 3. The van der Waals surface area contributed by atoms with Crippen LogP contribution < -0.4 is 5.32 Å². The first-order chi connectivity index (χ1) is 11.8. The molecule has 0 bridgehead atoms. The molecule has 4 aromatic rings. The Balaban J connectivity index is 1.60. The second kappa shape index (κ2) is 5.96. The summed E-state index contributed by atoms with van der Waals surface area (Å²) in [6, 6.07) is 18.9. The molecule has 0 aliphatic heterocycles. The first kappa shape index (κ1) is 14.1.